The number of aromatic nitrogens is 2. The summed E-state index contributed by atoms with van der Waals surface area (Å²) in [6.07, 6.45) is 6.72. The third kappa shape index (κ3) is 4.39. The number of carbonyl (C=O) groups excluding carboxylic acids is 1. The molecule has 8 heteroatoms. The fourth-order valence-corrected chi connectivity index (χ4v) is 3.33. The third-order valence-corrected chi connectivity index (χ3v) is 4.93. The van der Waals surface area contributed by atoms with Crippen LogP contribution < -0.4 is 14.8 Å². The molecule has 6 nitrogen and oxygen atoms in total. The smallest absolute Gasteiger partial charge is 0.250 e. The first kappa shape index (κ1) is 18.2. The third-order valence-electron chi connectivity index (χ3n) is 3.79. The van der Waals surface area contributed by atoms with E-state index in [2.05, 4.69) is 15.5 Å². The Kier molecular flexibility index (Phi) is 5.36. The number of benzene rings is 2. The predicted molar refractivity (Wildman–Crippen MR) is 110 cm³/mol. The molecule has 140 valence electrons. The van der Waals surface area contributed by atoms with E-state index in [0.29, 0.717) is 15.2 Å². The van der Waals surface area contributed by atoms with E-state index in [0.717, 1.165) is 22.6 Å². The van der Waals surface area contributed by atoms with Gasteiger partial charge in [-0.3, -0.25) is 10.1 Å². The van der Waals surface area contributed by atoms with Crippen LogP contribution in [0, 0.1) is 0 Å². The van der Waals surface area contributed by atoms with Gasteiger partial charge in [0.1, 0.15) is 5.01 Å². The van der Waals surface area contributed by atoms with Crippen LogP contribution in [0.15, 0.2) is 60.7 Å². The Labute approximate surface area is 170 Å². The van der Waals surface area contributed by atoms with Crippen molar-refractivity contribution in [3.63, 3.8) is 0 Å². The van der Waals surface area contributed by atoms with Gasteiger partial charge in [0.15, 0.2) is 11.5 Å². The summed E-state index contributed by atoms with van der Waals surface area (Å²) < 4.78 is 10.6. The van der Waals surface area contributed by atoms with E-state index in [4.69, 9.17) is 21.1 Å². The van der Waals surface area contributed by atoms with Crippen LogP contribution in [-0.4, -0.2) is 22.9 Å². The number of nitrogens with one attached hydrogen (secondary N) is 1. The van der Waals surface area contributed by atoms with Gasteiger partial charge in [0.25, 0.3) is 0 Å². The number of anilines is 1. The topological polar surface area (TPSA) is 73.3 Å². The molecule has 1 N–H and O–H groups in total. The van der Waals surface area contributed by atoms with Crippen molar-refractivity contribution in [1.82, 2.24) is 10.2 Å². The summed E-state index contributed by atoms with van der Waals surface area (Å²) in [7, 11) is 0. The lowest BCUT2D eigenvalue weighted by Crippen LogP contribution is -2.07. The Bertz CT molecular complexity index is 1060. The van der Waals surface area contributed by atoms with Gasteiger partial charge in [0.2, 0.25) is 17.8 Å². The highest BCUT2D eigenvalue weighted by Crippen LogP contribution is 2.32. The second kappa shape index (κ2) is 8.24. The molecule has 0 unspecified atom stereocenters. The summed E-state index contributed by atoms with van der Waals surface area (Å²) in [5, 5.41) is 12.6. The predicted octanol–water partition coefficient (Wildman–Crippen LogP) is 4.80. The van der Waals surface area contributed by atoms with E-state index >= 15 is 0 Å². The molecule has 0 fully saturated rings. The molecule has 0 bridgehead atoms. The van der Waals surface area contributed by atoms with Crippen LogP contribution in [0.3, 0.4) is 0 Å². The molecule has 4 rings (SSSR count). The van der Waals surface area contributed by atoms with Crippen molar-refractivity contribution in [1.29, 1.82) is 0 Å². The summed E-state index contributed by atoms with van der Waals surface area (Å²) >= 11 is 7.18. The summed E-state index contributed by atoms with van der Waals surface area (Å²) in [5.74, 6) is 1.17. The second-order valence-corrected chi connectivity index (χ2v) is 7.15. The largest absolute Gasteiger partial charge is 0.454 e. The first-order valence-corrected chi connectivity index (χ1v) is 9.52. The lowest BCUT2D eigenvalue weighted by Gasteiger charge is -1.97. The highest BCUT2D eigenvalue weighted by atomic mass is 35.5. The van der Waals surface area contributed by atoms with Crippen molar-refractivity contribution < 1.29 is 14.3 Å². The molecule has 28 heavy (non-hydrogen) atoms. The van der Waals surface area contributed by atoms with E-state index in [1.807, 2.05) is 36.4 Å². The number of fused-ring (bicyclic) bond motifs is 1. The minimum atomic E-state index is -0.283. The average molecular weight is 412 g/mol. The molecule has 0 spiro atoms. The van der Waals surface area contributed by atoms with Crippen molar-refractivity contribution in [3.8, 4) is 22.1 Å². The van der Waals surface area contributed by atoms with Gasteiger partial charge in [-0.15, -0.1) is 10.2 Å². The van der Waals surface area contributed by atoms with Crippen molar-refractivity contribution in [2.24, 2.45) is 0 Å². The zero-order chi connectivity index (χ0) is 19.3. The Morgan fingerprint density at radius 2 is 1.89 bits per heavy atom. The van der Waals surface area contributed by atoms with Crippen LogP contribution in [-0.2, 0) is 4.79 Å². The van der Waals surface area contributed by atoms with Crippen molar-refractivity contribution in [2.75, 3.05) is 12.1 Å². The zero-order valence-electron chi connectivity index (χ0n) is 14.5. The number of amides is 1. The maximum absolute atomic E-state index is 12.0. The van der Waals surface area contributed by atoms with Gasteiger partial charge in [-0.05, 0) is 29.8 Å². The summed E-state index contributed by atoms with van der Waals surface area (Å²) in [5.41, 5.74) is 1.84. The van der Waals surface area contributed by atoms with Crippen LogP contribution in [0.4, 0.5) is 5.13 Å². The maximum atomic E-state index is 12.0. The minimum Gasteiger partial charge on any atom is -0.454 e. The van der Waals surface area contributed by atoms with Crippen molar-refractivity contribution in [2.45, 2.75) is 0 Å². The molecular weight excluding hydrogens is 398 g/mol. The number of allylic oxidation sites excluding steroid dienone is 2. The lowest BCUT2D eigenvalue weighted by atomic mass is 10.2. The monoisotopic (exact) mass is 411 g/mol. The average Bonchev–Trinajstić information content (AvgIpc) is 3.35. The van der Waals surface area contributed by atoms with Gasteiger partial charge in [-0.25, -0.2) is 0 Å². The number of hydrogen-bond acceptors (Lipinski definition) is 6. The number of carbonyl (C=O) groups is 1. The molecular formula is C20H14ClN3O3S. The quantitative estimate of drug-likeness (QED) is 0.482. The Balaban J connectivity index is 1.33. The molecule has 1 amide bonds. The van der Waals surface area contributed by atoms with Crippen LogP contribution in [0.1, 0.15) is 5.56 Å². The van der Waals surface area contributed by atoms with Crippen LogP contribution in [0.5, 0.6) is 11.5 Å². The van der Waals surface area contributed by atoms with Crippen LogP contribution in [0.25, 0.3) is 16.6 Å². The fraction of sp³-hybridized carbons (Fsp3) is 0.0500. The molecule has 0 saturated carbocycles. The molecule has 0 saturated heterocycles. The standard InChI is InChI=1S/C20H14ClN3O3S/c21-15-8-6-14(7-9-15)19-23-24-20(28-19)22-18(25)4-2-1-3-13-5-10-16-17(11-13)27-12-26-16/h1-11H,12H2,(H,22,24,25)/b3-1+,4-2+. The normalized spacial score (nSPS) is 12.8. The maximum Gasteiger partial charge on any atom is 0.250 e. The number of nitrogens with zero attached hydrogens (tertiary/aromatic N) is 2. The molecule has 0 atom stereocenters. The first-order valence-electron chi connectivity index (χ1n) is 8.32. The molecule has 2 heterocycles. The SMILES string of the molecule is O=C(/C=C/C=C/c1ccc2c(c1)OCO2)Nc1nnc(-c2ccc(Cl)cc2)s1. The highest BCUT2D eigenvalue weighted by Gasteiger charge is 2.12. The molecule has 1 aliphatic rings. The van der Waals surface area contributed by atoms with Crippen LogP contribution in [0.2, 0.25) is 5.02 Å². The highest BCUT2D eigenvalue weighted by molar-refractivity contribution is 7.18. The second-order valence-electron chi connectivity index (χ2n) is 5.74. The number of ether oxygens (including phenoxy) is 2. The van der Waals surface area contributed by atoms with Gasteiger partial charge >= 0.3 is 0 Å². The number of halogens is 1. The molecule has 3 aromatic rings. The van der Waals surface area contributed by atoms with E-state index in [-0.39, 0.29) is 12.7 Å². The number of hydrogen-bond donors (Lipinski definition) is 1. The minimum absolute atomic E-state index is 0.244. The summed E-state index contributed by atoms with van der Waals surface area (Å²) in [4.78, 5) is 12.0. The van der Waals surface area contributed by atoms with Gasteiger partial charge in [-0.1, -0.05) is 59.4 Å². The summed E-state index contributed by atoms with van der Waals surface area (Å²) in [6.45, 7) is 0.244. The molecule has 0 aliphatic carbocycles. The Hall–Kier alpha value is -3.16. The molecule has 0 radical (unpaired) electrons. The van der Waals surface area contributed by atoms with E-state index in [1.54, 1.807) is 24.3 Å². The van der Waals surface area contributed by atoms with Crippen molar-refractivity contribution in [3.05, 3.63) is 71.3 Å². The van der Waals surface area contributed by atoms with Gasteiger partial charge in [-0.2, -0.15) is 0 Å². The van der Waals surface area contributed by atoms with E-state index in [1.165, 1.54) is 17.4 Å². The number of rotatable bonds is 5. The van der Waals surface area contributed by atoms with E-state index in [9.17, 15) is 4.79 Å². The molecule has 1 aromatic heterocycles. The van der Waals surface area contributed by atoms with Gasteiger partial charge in [0.05, 0.1) is 0 Å². The van der Waals surface area contributed by atoms with Gasteiger partial charge < -0.3 is 9.47 Å². The lowest BCUT2D eigenvalue weighted by molar-refractivity contribution is -0.111. The van der Waals surface area contributed by atoms with E-state index < -0.39 is 0 Å². The summed E-state index contributed by atoms with van der Waals surface area (Å²) in [6, 6.07) is 12.9. The first-order chi connectivity index (χ1) is 13.7. The Morgan fingerprint density at radius 3 is 2.75 bits per heavy atom. The molecule has 2 aromatic carbocycles. The van der Waals surface area contributed by atoms with Crippen molar-refractivity contribution >= 4 is 40.1 Å². The Morgan fingerprint density at radius 1 is 1.07 bits per heavy atom. The van der Waals surface area contributed by atoms with Gasteiger partial charge in [0, 0.05) is 16.7 Å². The fourth-order valence-electron chi connectivity index (χ4n) is 2.46. The van der Waals surface area contributed by atoms with Crippen LogP contribution >= 0.6 is 22.9 Å². The molecule has 1 aliphatic heterocycles. The zero-order valence-corrected chi connectivity index (χ0v) is 16.0.